The number of carbonyl (C=O) groups excluding carboxylic acids is 1. The Morgan fingerprint density at radius 2 is 2.04 bits per heavy atom. The molecule has 4 N–H and O–H groups in total. The van der Waals surface area contributed by atoms with Crippen LogP contribution in [0.15, 0.2) is 24.3 Å². The number of nitrogens with zero attached hydrogens (tertiary/aromatic N) is 2. The number of anilines is 1. The molecule has 9 heteroatoms. The molecule has 28 heavy (non-hydrogen) atoms. The van der Waals surface area contributed by atoms with Gasteiger partial charge in [-0.2, -0.15) is 0 Å². The SMILES string of the molecule is COc1cccc(NC(=O)NCC2OC(CO)C(O)C2N2CCN(C)CC2)c1. The van der Waals surface area contributed by atoms with Gasteiger partial charge in [0, 0.05) is 44.5 Å². The summed E-state index contributed by atoms with van der Waals surface area (Å²) < 4.78 is 11.0. The molecular weight excluding hydrogens is 364 g/mol. The highest BCUT2D eigenvalue weighted by Crippen LogP contribution is 2.26. The number of carbonyl (C=O) groups is 1. The number of piperazine rings is 1. The Balaban J connectivity index is 1.58. The van der Waals surface area contributed by atoms with Gasteiger partial charge in [0.25, 0.3) is 0 Å². The van der Waals surface area contributed by atoms with E-state index in [-0.39, 0.29) is 25.2 Å². The summed E-state index contributed by atoms with van der Waals surface area (Å²) in [4.78, 5) is 16.7. The number of benzene rings is 1. The monoisotopic (exact) mass is 394 g/mol. The summed E-state index contributed by atoms with van der Waals surface area (Å²) in [6.07, 6.45) is -1.83. The Bertz CT molecular complexity index is 653. The molecule has 0 saturated carbocycles. The van der Waals surface area contributed by atoms with Crippen molar-refractivity contribution >= 4 is 11.7 Å². The highest BCUT2D eigenvalue weighted by atomic mass is 16.5. The van der Waals surface area contributed by atoms with Gasteiger partial charge in [0.05, 0.1) is 25.9 Å². The summed E-state index contributed by atoms with van der Waals surface area (Å²) >= 11 is 0. The van der Waals surface area contributed by atoms with Crippen LogP contribution in [0.1, 0.15) is 0 Å². The van der Waals surface area contributed by atoms with Crippen molar-refractivity contribution in [3.63, 3.8) is 0 Å². The van der Waals surface area contributed by atoms with Crippen LogP contribution >= 0.6 is 0 Å². The van der Waals surface area contributed by atoms with Crippen molar-refractivity contribution < 1.29 is 24.5 Å². The average Bonchev–Trinajstić information content (AvgIpc) is 3.02. The maximum atomic E-state index is 12.3. The predicted octanol–water partition coefficient (Wildman–Crippen LogP) is -0.447. The molecule has 4 atom stereocenters. The van der Waals surface area contributed by atoms with Crippen LogP contribution in [-0.4, -0.2) is 104 Å². The lowest BCUT2D eigenvalue weighted by Crippen LogP contribution is -2.57. The van der Waals surface area contributed by atoms with Gasteiger partial charge in [0.2, 0.25) is 0 Å². The molecule has 2 aliphatic heterocycles. The van der Waals surface area contributed by atoms with E-state index < -0.39 is 18.3 Å². The van der Waals surface area contributed by atoms with Gasteiger partial charge in [0.1, 0.15) is 18.0 Å². The van der Waals surface area contributed by atoms with Crippen LogP contribution < -0.4 is 15.4 Å². The van der Waals surface area contributed by atoms with Gasteiger partial charge in [-0.1, -0.05) is 6.07 Å². The molecule has 0 bridgehead atoms. The van der Waals surface area contributed by atoms with Crippen LogP contribution in [0, 0.1) is 0 Å². The molecule has 0 spiro atoms. The van der Waals surface area contributed by atoms with Crippen molar-refractivity contribution in [1.82, 2.24) is 15.1 Å². The number of urea groups is 1. The first-order valence-electron chi connectivity index (χ1n) is 9.57. The second kappa shape index (κ2) is 9.53. The lowest BCUT2D eigenvalue weighted by Gasteiger charge is -2.39. The quantitative estimate of drug-likeness (QED) is 0.518. The van der Waals surface area contributed by atoms with Gasteiger partial charge >= 0.3 is 6.03 Å². The van der Waals surface area contributed by atoms with Crippen LogP contribution in [0.3, 0.4) is 0 Å². The number of likely N-dealkylation sites (N-methyl/N-ethyl adjacent to an activating group) is 1. The van der Waals surface area contributed by atoms with Crippen LogP contribution in [0.5, 0.6) is 5.75 Å². The summed E-state index contributed by atoms with van der Waals surface area (Å²) in [5.41, 5.74) is 0.619. The van der Waals surface area contributed by atoms with E-state index >= 15 is 0 Å². The number of ether oxygens (including phenoxy) is 2. The zero-order valence-corrected chi connectivity index (χ0v) is 16.4. The number of aliphatic hydroxyl groups excluding tert-OH is 2. The van der Waals surface area contributed by atoms with E-state index in [4.69, 9.17) is 9.47 Å². The van der Waals surface area contributed by atoms with Crippen LogP contribution in [0.4, 0.5) is 10.5 Å². The topological polar surface area (TPSA) is 107 Å². The van der Waals surface area contributed by atoms with Crippen molar-refractivity contribution in [2.24, 2.45) is 0 Å². The molecule has 156 valence electrons. The number of rotatable bonds is 6. The van der Waals surface area contributed by atoms with E-state index in [2.05, 4.69) is 27.5 Å². The van der Waals surface area contributed by atoms with E-state index in [0.29, 0.717) is 11.4 Å². The van der Waals surface area contributed by atoms with Crippen LogP contribution in [-0.2, 0) is 4.74 Å². The summed E-state index contributed by atoms with van der Waals surface area (Å²) in [5, 5.41) is 25.7. The maximum Gasteiger partial charge on any atom is 0.319 e. The third-order valence-electron chi connectivity index (χ3n) is 5.39. The normalized spacial score (nSPS) is 28.9. The summed E-state index contributed by atoms with van der Waals surface area (Å²) in [6, 6.07) is 6.46. The molecule has 0 aromatic heterocycles. The van der Waals surface area contributed by atoms with Crippen LogP contribution in [0.25, 0.3) is 0 Å². The molecule has 2 heterocycles. The minimum atomic E-state index is -0.790. The molecule has 2 fully saturated rings. The number of methoxy groups -OCH3 is 1. The molecule has 3 rings (SSSR count). The van der Waals surface area contributed by atoms with Crippen molar-refractivity contribution in [3.05, 3.63) is 24.3 Å². The van der Waals surface area contributed by atoms with E-state index in [9.17, 15) is 15.0 Å². The fraction of sp³-hybridized carbons (Fsp3) is 0.632. The molecule has 9 nitrogen and oxygen atoms in total. The van der Waals surface area contributed by atoms with Gasteiger partial charge in [-0.05, 0) is 19.2 Å². The van der Waals surface area contributed by atoms with Crippen molar-refractivity contribution in [2.75, 3.05) is 58.8 Å². The van der Waals surface area contributed by atoms with Gasteiger partial charge < -0.3 is 35.2 Å². The smallest absolute Gasteiger partial charge is 0.319 e. The Hall–Kier alpha value is -1.91. The average molecular weight is 394 g/mol. The molecule has 2 aliphatic rings. The Kier molecular flexibility index (Phi) is 7.08. The molecule has 2 amide bonds. The van der Waals surface area contributed by atoms with Crippen LogP contribution in [0.2, 0.25) is 0 Å². The van der Waals surface area contributed by atoms with Gasteiger partial charge in [-0.25, -0.2) is 4.79 Å². The largest absolute Gasteiger partial charge is 0.497 e. The van der Waals surface area contributed by atoms with Crippen molar-refractivity contribution in [2.45, 2.75) is 24.4 Å². The minimum absolute atomic E-state index is 0.236. The minimum Gasteiger partial charge on any atom is -0.497 e. The highest BCUT2D eigenvalue weighted by Gasteiger charge is 2.46. The molecule has 1 aromatic rings. The standard InChI is InChI=1S/C19H30N4O5/c1-22-6-8-23(9-7-22)17-15(28-16(12-24)18(17)25)11-20-19(26)21-13-4-3-5-14(10-13)27-2/h3-5,10,15-18,24-25H,6-9,11-12H2,1-2H3,(H2,20,21,26). The summed E-state index contributed by atoms with van der Waals surface area (Å²) in [5.74, 6) is 0.654. The summed E-state index contributed by atoms with van der Waals surface area (Å²) in [6.45, 7) is 3.42. The number of hydrogen-bond donors (Lipinski definition) is 4. The molecule has 0 aliphatic carbocycles. The zero-order chi connectivity index (χ0) is 20.1. The van der Waals surface area contributed by atoms with Crippen molar-refractivity contribution in [3.8, 4) is 5.75 Å². The van der Waals surface area contributed by atoms with E-state index in [1.165, 1.54) is 0 Å². The fourth-order valence-corrected chi connectivity index (χ4v) is 3.79. The van der Waals surface area contributed by atoms with E-state index in [1.807, 2.05) is 0 Å². The molecule has 2 saturated heterocycles. The zero-order valence-electron chi connectivity index (χ0n) is 16.4. The second-order valence-corrected chi connectivity index (χ2v) is 7.28. The number of amides is 2. The van der Waals surface area contributed by atoms with E-state index in [1.54, 1.807) is 31.4 Å². The number of nitrogens with one attached hydrogen (secondary N) is 2. The van der Waals surface area contributed by atoms with E-state index in [0.717, 1.165) is 26.2 Å². The molecule has 4 unspecified atom stereocenters. The Morgan fingerprint density at radius 3 is 2.71 bits per heavy atom. The maximum absolute atomic E-state index is 12.3. The third-order valence-corrected chi connectivity index (χ3v) is 5.39. The third kappa shape index (κ3) is 4.92. The summed E-state index contributed by atoms with van der Waals surface area (Å²) in [7, 11) is 3.63. The first kappa shape index (κ1) is 20.8. The van der Waals surface area contributed by atoms with Gasteiger partial charge in [-0.3, -0.25) is 4.90 Å². The van der Waals surface area contributed by atoms with Gasteiger partial charge in [-0.15, -0.1) is 0 Å². The van der Waals surface area contributed by atoms with Gasteiger partial charge in [0.15, 0.2) is 0 Å². The lowest BCUT2D eigenvalue weighted by atomic mass is 10.0. The van der Waals surface area contributed by atoms with Crippen molar-refractivity contribution in [1.29, 1.82) is 0 Å². The highest BCUT2D eigenvalue weighted by molar-refractivity contribution is 5.89. The number of hydrogen-bond acceptors (Lipinski definition) is 7. The molecule has 1 aromatic carbocycles. The lowest BCUT2D eigenvalue weighted by molar-refractivity contribution is -0.0205. The Morgan fingerprint density at radius 1 is 1.29 bits per heavy atom. The molecular formula is C19H30N4O5. The first-order valence-corrected chi connectivity index (χ1v) is 9.57. The number of aliphatic hydroxyl groups is 2. The fourth-order valence-electron chi connectivity index (χ4n) is 3.79. The second-order valence-electron chi connectivity index (χ2n) is 7.28. The Labute approximate surface area is 165 Å². The molecule has 0 radical (unpaired) electrons. The first-order chi connectivity index (χ1) is 13.5. The predicted molar refractivity (Wildman–Crippen MR) is 105 cm³/mol.